The SMILES string of the molecule is O=Cc1cccc(NC(=O)c2ccc3c(c2)C(Cl)N=NC3)c1. The van der Waals surface area contributed by atoms with Gasteiger partial charge in [-0.05, 0) is 35.4 Å². The van der Waals surface area contributed by atoms with E-state index in [9.17, 15) is 9.59 Å². The summed E-state index contributed by atoms with van der Waals surface area (Å²) in [5.74, 6) is -0.266. The molecule has 1 aliphatic heterocycles. The summed E-state index contributed by atoms with van der Waals surface area (Å²) in [5, 5.41) is 10.6. The number of azo groups is 1. The highest BCUT2D eigenvalue weighted by Crippen LogP contribution is 2.31. The van der Waals surface area contributed by atoms with Gasteiger partial charge in [0.15, 0.2) is 5.50 Å². The molecule has 0 spiro atoms. The van der Waals surface area contributed by atoms with Crippen LogP contribution in [0, 0.1) is 0 Å². The van der Waals surface area contributed by atoms with Gasteiger partial charge in [-0.3, -0.25) is 9.59 Å². The van der Waals surface area contributed by atoms with E-state index in [0.29, 0.717) is 23.4 Å². The fraction of sp³-hybridized carbons (Fsp3) is 0.125. The van der Waals surface area contributed by atoms with Crippen molar-refractivity contribution in [3.63, 3.8) is 0 Å². The summed E-state index contributed by atoms with van der Waals surface area (Å²) in [6.45, 7) is 0.474. The first-order chi connectivity index (χ1) is 10.7. The van der Waals surface area contributed by atoms with Crippen LogP contribution >= 0.6 is 11.6 Å². The monoisotopic (exact) mass is 313 g/mol. The molecule has 0 aliphatic carbocycles. The van der Waals surface area contributed by atoms with Crippen molar-refractivity contribution in [1.29, 1.82) is 0 Å². The number of aldehydes is 1. The summed E-state index contributed by atoms with van der Waals surface area (Å²) in [7, 11) is 0. The number of carbonyl (C=O) groups excluding carboxylic acids is 2. The van der Waals surface area contributed by atoms with E-state index in [-0.39, 0.29) is 5.91 Å². The lowest BCUT2D eigenvalue weighted by atomic mass is 10.0. The number of benzene rings is 2. The lowest BCUT2D eigenvalue weighted by Gasteiger charge is -2.15. The van der Waals surface area contributed by atoms with E-state index in [1.807, 2.05) is 6.07 Å². The lowest BCUT2D eigenvalue weighted by molar-refractivity contribution is 0.102. The van der Waals surface area contributed by atoms with E-state index in [0.717, 1.165) is 17.4 Å². The number of anilines is 1. The van der Waals surface area contributed by atoms with Crippen LogP contribution in [0.3, 0.4) is 0 Å². The van der Waals surface area contributed by atoms with Crippen molar-refractivity contribution in [2.45, 2.75) is 12.0 Å². The van der Waals surface area contributed by atoms with Crippen molar-refractivity contribution in [3.05, 3.63) is 64.7 Å². The van der Waals surface area contributed by atoms with Crippen molar-refractivity contribution < 1.29 is 9.59 Å². The van der Waals surface area contributed by atoms with Crippen molar-refractivity contribution in [2.24, 2.45) is 10.2 Å². The second-order valence-corrected chi connectivity index (χ2v) is 5.28. The van der Waals surface area contributed by atoms with Gasteiger partial charge in [0.2, 0.25) is 0 Å². The van der Waals surface area contributed by atoms with Gasteiger partial charge in [0.25, 0.3) is 5.91 Å². The Balaban J connectivity index is 1.84. The lowest BCUT2D eigenvalue weighted by Crippen LogP contribution is -2.13. The molecule has 0 radical (unpaired) electrons. The van der Waals surface area contributed by atoms with Crippen LogP contribution < -0.4 is 5.32 Å². The standard InChI is InChI=1S/C16H12ClN3O2/c17-15-14-7-11(4-5-12(14)8-18-20-15)16(22)19-13-3-1-2-10(6-13)9-21/h1-7,9,15H,8H2,(H,19,22). The Morgan fingerprint density at radius 2 is 2.14 bits per heavy atom. The van der Waals surface area contributed by atoms with Gasteiger partial charge in [-0.15, -0.1) is 0 Å². The van der Waals surface area contributed by atoms with Gasteiger partial charge < -0.3 is 5.32 Å². The maximum absolute atomic E-state index is 12.3. The van der Waals surface area contributed by atoms with Crippen LogP contribution in [0.25, 0.3) is 0 Å². The summed E-state index contributed by atoms with van der Waals surface area (Å²) in [4.78, 5) is 23.1. The zero-order valence-electron chi connectivity index (χ0n) is 11.5. The Morgan fingerprint density at radius 3 is 2.95 bits per heavy atom. The molecule has 2 aromatic carbocycles. The molecule has 0 saturated heterocycles. The maximum atomic E-state index is 12.3. The molecule has 110 valence electrons. The normalized spacial score (nSPS) is 16.0. The number of carbonyl (C=O) groups is 2. The highest BCUT2D eigenvalue weighted by atomic mass is 35.5. The number of rotatable bonds is 3. The van der Waals surface area contributed by atoms with Crippen LogP contribution in [0.1, 0.15) is 37.3 Å². The summed E-state index contributed by atoms with van der Waals surface area (Å²) >= 11 is 6.09. The fourth-order valence-corrected chi connectivity index (χ4v) is 2.51. The van der Waals surface area contributed by atoms with Crippen molar-refractivity contribution in [3.8, 4) is 0 Å². The molecule has 6 heteroatoms. The Morgan fingerprint density at radius 1 is 1.27 bits per heavy atom. The van der Waals surface area contributed by atoms with E-state index in [1.165, 1.54) is 0 Å². The first-order valence-electron chi connectivity index (χ1n) is 6.67. The van der Waals surface area contributed by atoms with Crippen LogP contribution in [-0.2, 0) is 6.54 Å². The third-order valence-electron chi connectivity index (χ3n) is 3.37. The molecular formula is C16H12ClN3O2. The average molecular weight is 314 g/mol. The van der Waals surface area contributed by atoms with E-state index < -0.39 is 5.50 Å². The van der Waals surface area contributed by atoms with Crippen molar-refractivity contribution in [1.82, 2.24) is 0 Å². The van der Waals surface area contributed by atoms with Crippen molar-refractivity contribution in [2.75, 3.05) is 5.32 Å². The smallest absolute Gasteiger partial charge is 0.255 e. The predicted molar refractivity (Wildman–Crippen MR) is 83.4 cm³/mol. The Bertz CT molecular complexity index is 774. The number of nitrogens with zero attached hydrogens (tertiary/aromatic N) is 2. The second-order valence-electron chi connectivity index (χ2n) is 4.86. The molecule has 22 heavy (non-hydrogen) atoms. The molecule has 2 aromatic rings. The van der Waals surface area contributed by atoms with Crippen LogP contribution in [-0.4, -0.2) is 12.2 Å². The molecule has 1 N–H and O–H groups in total. The minimum Gasteiger partial charge on any atom is -0.322 e. The minimum absolute atomic E-state index is 0.266. The second kappa shape index (κ2) is 6.07. The molecule has 1 amide bonds. The van der Waals surface area contributed by atoms with E-state index in [1.54, 1.807) is 36.4 Å². The van der Waals surface area contributed by atoms with E-state index in [2.05, 4.69) is 15.5 Å². The fourth-order valence-electron chi connectivity index (χ4n) is 2.25. The summed E-state index contributed by atoms with van der Waals surface area (Å²) < 4.78 is 0. The van der Waals surface area contributed by atoms with Crippen LogP contribution in [0.5, 0.6) is 0 Å². The first-order valence-corrected chi connectivity index (χ1v) is 7.11. The van der Waals surface area contributed by atoms with Gasteiger partial charge >= 0.3 is 0 Å². The summed E-state index contributed by atoms with van der Waals surface area (Å²) in [6, 6.07) is 12.0. The number of nitrogens with one attached hydrogen (secondary N) is 1. The van der Waals surface area contributed by atoms with Crippen LogP contribution in [0.4, 0.5) is 5.69 Å². The number of hydrogen-bond acceptors (Lipinski definition) is 4. The number of hydrogen-bond donors (Lipinski definition) is 1. The Kier molecular flexibility index (Phi) is 3.98. The number of alkyl halides is 1. The third-order valence-corrected chi connectivity index (χ3v) is 3.69. The molecular weight excluding hydrogens is 302 g/mol. The minimum atomic E-state index is -0.560. The molecule has 5 nitrogen and oxygen atoms in total. The van der Waals surface area contributed by atoms with Gasteiger partial charge in [-0.25, -0.2) is 0 Å². The molecule has 0 aromatic heterocycles. The first kappa shape index (κ1) is 14.4. The Labute approximate surface area is 132 Å². The van der Waals surface area contributed by atoms with Gasteiger partial charge in [0.05, 0.1) is 6.54 Å². The number of fused-ring (bicyclic) bond motifs is 1. The summed E-state index contributed by atoms with van der Waals surface area (Å²) in [5.41, 5.74) is 2.76. The maximum Gasteiger partial charge on any atom is 0.255 e. The quantitative estimate of drug-likeness (QED) is 0.529. The van der Waals surface area contributed by atoms with Crippen molar-refractivity contribution >= 4 is 29.5 Å². The van der Waals surface area contributed by atoms with Gasteiger partial charge in [-0.2, -0.15) is 10.2 Å². The molecule has 1 atom stereocenters. The zero-order chi connectivity index (χ0) is 15.5. The predicted octanol–water partition coefficient (Wildman–Crippen LogP) is 3.95. The molecule has 3 rings (SSSR count). The average Bonchev–Trinajstić information content (AvgIpc) is 2.55. The summed E-state index contributed by atoms with van der Waals surface area (Å²) in [6.07, 6.45) is 0.734. The largest absolute Gasteiger partial charge is 0.322 e. The molecule has 0 saturated carbocycles. The highest BCUT2D eigenvalue weighted by Gasteiger charge is 2.18. The number of amides is 1. The zero-order valence-corrected chi connectivity index (χ0v) is 12.2. The van der Waals surface area contributed by atoms with Gasteiger partial charge in [-0.1, -0.05) is 29.8 Å². The third kappa shape index (κ3) is 2.89. The van der Waals surface area contributed by atoms with Crippen LogP contribution in [0.15, 0.2) is 52.7 Å². The Hall–Kier alpha value is -2.53. The topological polar surface area (TPSA) is 70.9 Å². The van der Waals surface area contributed by atoms with E-state index in [4.69, 9.17) is 11.6 Å². The molecule has 1 unspecified atom stereocenters. The van der Waals surface area contributed by atoms with Crippen LogP contribution in [0.2, 0.25) is 0 Å². The molecule has 0 bridgehead atoms. The van der Waals surface area contributed by atoms with E-state index >= 15 is 0 Å². The number of halogens is 1. The van der Waals surface area contributed by atoms with Gasteiger partial charge in [0, 0.05) is 16.8 Å². The molecule has 1 heterocycles. The molecule has 1 aliphatic rings. The highest BCUT2D eigenvalue weighted by molar-refractivity contribution is 6.21. The van der Waals surface area contributed by atoms with Gasteiger partial charge in [0.1, 0.15) is 6.29 Å². The molecule has 0 fully saturated rings.